The number of nitrogens with zero attached hydrogens (tertiary/aromatic N) is 3. The lowest BCUT2D eigenvalue weighted by Crippen LogP contribution is -2.14. The fourth-order valence-corrected chi connectivity index (χ4v) is 2.50. The third-order valence-electron chi connectivity index (χ3n) is 3.35. The van der Waals surface area contributed by atoms with Crippen LogP contribution >= 0.6 is 0 Å². The average molecular weight is 219 g/mol. The Morgan fingerprint density at radius 2 is 2.00 bits per heavy atom. The van der Waals surface area contributed by atoms with Crippen molar-refractivity contribution < 1.29 is 4.39 Å². The highest BCUT2D eigenvalue weighted by Gasteiger charge is 2.18. The van der Waals surface area contributed by atoms with E-state index in [1.807, 2.05) is 4.68 Å². The number of benzene rings is 1. The third-order valence-corrected chi connectivity index (χ3v) is 3.35. The summed E-state index contributed by atoms with van der Waals surface area (Å²) in [5.74, 6) is -0.216. The summed E-state index contributed by atoms with van der Waals surface area (Å²) in [5, 5.41) is 8.24. The summed E-state index contributed by atoms with van der Waals surface area (Å²) in [4.78, 5) is 0. The largest absolute Gasteiger partial charge is 0.241 e. The highest BCUT2D eigenvalue weighted by Crippen LogP contribution is 2.29. The van der Waals surface area contributed by atoms with Gasteiger partial charge in [-0.3, -0.25) is 0 Å². The quantitative estimate of drug-likeness (QED) is 0.738. The second-order valence-electron chi connectivity index (χ2n) is 4.46. The lowest BCUT2D eigenvalue weighted by atomic mass is 9.95. The summed E-state index contributed by atoms with van der Waals surface area (Å²) in [6, 6.07) is 5.06. The van der Waals surface area contributed by atoms with E-state index in [1.165, 1.54) is 31.4 Å². The number of hydrogen-bond acceptors (Lipinski definition) is 2. The van der Waals surface area contributed by atoms with Gasteiger partial charge in [-0.25, -0.2) is 9.07 Å². The van der Waals surface area contributed by atoms with E-state index in [2.05, 4.69) is 10.3 Å². The van der Waals surface area contributed by atoms with E-state index in [4.69, 9.17) is 0 Å². The highest BCUT2D eigenvalue weighted by atomic mass is 19.1. The van der Waals surface area contributed by atoms with Crippen LogP contribution in [0, 0.1) is 5.82 Å². The van der Waals surface area contributed by atoms with Crippen LogP contribution in [0.1, 0.15) is 38.1 Å². The molecule has 0 saturated heterocycles. The second-order valence-corrected chi connectivity index (χ2v) is 4.46. The predicted molar refractivity (Wildman–Crippen MR) is 59.6 cm³/mol. The third kappa shape index (κ3) is 1.58. The lowest BCUT2D eigenvalue weighted by Gasteiger charge is -2.21. The predicted octanol–water partition coefficient (Wildman–Crippen LogP) is 3.08. The van der Waals surface area contributed by atoms with Gasteiger partial charge in [-0.1, -0.05) is 24.5 Å². The van der Waals surface area contributed by atoms with Gasteiger partial charge >= 0.3 is 0 Å². The molecule has 0 radical (unpaired) electrons. The minimum absolute atomic E-state index is 0.216. The topological polar surface area (TPSA) is 30.7 Å². The molecule has 3 rings (SSSR count). The van der Waals surface area contributed by atoms with E-state index in [1.54, 1.807) is 6.07 Å². The number of hydrogen-bond donors (Lipinski definition) is 0. The van der Waals surface area contributed by atoms with E-state index < -0.39 is 0 Å². The van der Waals surface area contributed by atoms with Crippen molar-refractivity contribution >= 4 is 11.0 Å². The molecule has 1 aromatic heterocycles. The fourth-order valence-electron chi connectivity index (χ4n) is 2.50. The van der Waals surface area contributed by atoms with Crippen molar-refractivity contribution in [2.24, 2.45) is 0 Å². The Balaban J connectivity index is 2.05. The molecule has 1 aliphatic carbocycles. The maximum absolute atomic E-state index is 13.2. The van der Waals surface area contributed by atoms with Crippen LogP contribution < -0.4 is 0 Å². The molecule has 1 saturated carbocycles. The van der Waals surface area contributed by atoms with E-state index in [9.17, 15) is 4.39 Å². The molecular weight excluding hydrogens is 205 g/mol. The second kappa shape index (κ2) is 3.85. The van der Waals surface area contributed by atoms with Crippen LogP contribution in [-0.4, -0.2) is 15.0 Å². The molecule has 1 aliphatic rings. The van der Waals surface area contributed by atoms with Gasteiger partial charge in [0.05, 0.1) is 11.6 Å². The molecule has 4 heteroatoms. The van der Waals surface area contributed by atoms with Gasteiger partial charge in [0.2, 0.25) is 0 Å². The van der Waals surface area contributed by atoms with Gasteiger partial charge in [-0.15, -0.1) is 5.10 Å². The van der Waals surface area contributed by atoms with Crippen LogP contribution in [0.2, 0.25) is 0 Å². The minimum Gasteiger partial charge on any atom is -0.241 e. The van der Waals surface area contributed by atoms with Crippen LogP contribution in [0.4, 0.5) is 4.39 Å². The molecule has 1 fully saturated rings. The first-order valence-corrected chi connectivity index (χ1v) is 5.85. The Morgan fingerprint density at radius 1 is 1.19 bits per heavy atom. The summed E-state index contributed by atoms with van der Waals surface area (Å²) in [5.41, 5.74) is 1.61. The number of fused-ring (bicyclic) bond motifs is 1. The zero-order valence-electron chi connectivity index (χ0n) is 9.06. The van der Waals surface area contributed by atoms with E-state index >= 15 is 0 Å². The molecule has 0 bridgehead atoms. The van der Waals surface area contributed by atoms with Crippen LogP contribution in [0.5, 0.6) is 0 Å². The Bertz CT molecular complexity index is 500. The molecule has 1 aromatic carbocycles. The highest BCUT2D eigenvalue weighted by molar-refractivity contribution is 5.74. The molecule has 3 nitrogen and oxygen atoms in total. The maximum Gasteiger partial charge on any atom is 0.125 e. The summed E-state index contributed by atoms with van der Waals surface area (Å²) in [6.07, 6.45) is 6.05. The molecule has 0 atom stereocenters. The Hall–Kier alpha value is -1.45. The van der Waals surface area contributed by atoms with Gasteiger partial charge in [0.25, 0.3) is 0 Å². The number of rotatable bonds is 1. The monoisotopic (exact) mass is 219 g/mol. The first-order chi connectivity index (χ1) is 7.84. The molecule has 2 aromatic rings. The van der Waals surface area contributed by atoms with Crippen LogP contribution in [-0.2, 0) is 0 Å². The Kier molecular flexibility index (Phi) is 2.35. The maximum atomic E-state index is 13.2. The zero-order chi connectivity index (χ0) is 11.0. The Morgan fingerprint density at radius 3 is 2.81 bits per heavy atom. The molecule has 0 N–H and O–H groups in total. The van der Waals surface area contributed by atoms with Crippen molar-refractivity contribution in [2.45, 2.75) is 38.1 Å². The van der Waals surface area contributed by atoms with Gasteiger partial charge < -0.3 is 0 Å². The van der Waals surface area contributed by atoms with Crippen molar-refractivity contribution in [1.82, 2.24) is 15.0 Å². The summed E-state index contributed by atoms with van der Waals surface area (Å²) < 4.78 is 15.1. The van der Waals surface area contributed by atoms with Crippen molar-refractivity contribution in [2.75, 3.05) is 0 Å². The van der Waals surface area contributed by atoms with Crippen molar-refractivity contribution in [3.63, 3.8) is 0 Å². The molecule has 1 heterocycles. The van der Waals surface area contributed by atoms with Crippen LogP contribution in [0.25, 0.3) is 11.0 Å². The molecule has 0 aliphatic heterocycles. The van der Waals surface area contributed by atoms with E-state index in [0.29, 0.717) is 6.04 Å². The van der Waals surface area contributed by atoms with Crippen molar-refractivity contribution in [3.8, 4) is 0 Å². The molecule has 0 amide bonds. The van der Waals surface area contributed by atoms with Crippen LogP contribution in [0.15, 0.2) is 18.2 Å². The summed E-state index contributed by atoms with van der Waals surface area (Å²) >= 11 is 0. The Labute approximate surface area is 93.3 Å². The first-order valence-electron chi connectivity index (χ1n) is 5.85. The summed E-state index contributed by atoms with van der Waals surface area (Å²) in [6.45, 7) is 0. The van der Waals surface area contributed by atoms with Crippen molar-refractivity contribution in [1.29, 1.82) is 0 Å². The molecule has 0 spiro atoms. The minimum atomic E-state index is -0.216. The molecule has 0 unspecified atom stereocenters. The normalized spacial score (nSPS) is 18.1. The molecule has 16 heavy (non-hydrogen) atoms. The standard InChI is InChI=1S/C12H14FN3/c13-9-6-7-11-12(8-9)16(15-14-11)10-4-2-1-3-5-10/h6-8,10H,1-5H2. The lowest BCUT2D eigenvalue weighted by molar-refractivity contribution is 0.331. The number of halogens is 1. The summed E-state index contributed by atoms with van der Waals surface area (Å²) in [7, 11) is 0. The van der Waals surface area contributed by atoms with E-state index in [0.717, 1.165) is 23.9 Å². The smallest absolute Gasteiger partial charge is 0.125 e. The average Bonchev–Trinajstić information content (AvgIpc) is 2.73. The van der Waals surface area contributed by atoms with E-state index in [-0.39, 0.29) is 5.82 Å². The zero-order valence-corrected chi connectivity index (χ0v) is 9.06. The molecule has 84 valence electrons. The van der Waals surface area contributed by atoms with Crippen LogP contribution in [0.3, 0.4) is 0 Å². The SMILES string of the molecule is Fc1ccc2nnn(C3CCCCC3)c2c1. The molecular formula is C12H14FN3. The van der Waals surface area contributed by atoms with Gasteiger partial charge in [0.1, 0.15) is 11.3 Å². The number of aromatic nitrogens is 3. The first kappa shape index (κ1) is 9.75. The fraction of sp³-hybridized carbons (Fsp3) is 0.500. The van der Waals surface area contributed by atoms with Gasteiger partial charge in [0.15, 0.2) is 0 Å². The van der Waals surface area contributed by atoms with Gasteiger partial charge in [0, 0.05) is 6.07 Å². The van der Waals surface area contributed by atoms with Gasteiger partial charge in [-0.2, -0.15) is 0 Å². The van der Waals surface area contributed by atoms with Gasteiger partial charge in [-0.05, 0) is 25.0 Å². The van der Waals surface area contributed by atoms with Crippen molar-refractivity contribution in [3.05, 3.63) is 24.0 Å².